The van der Waals surface area contributed by atoms with Gasteiger partial charge in [0.05, 0.1) is 18.4 Å². The third-order valence-electron chi connectivity index (χ3n) is 4.04. The summed E-state index contributed by atoms with van der Waals surface area (Å²) in [5.41, 5.74) is 1.65. The van der Waals surface area contributed by atoms with Gasteiger partial charge in [-0.1, -0.05) is 49.4 Å². The smallest absolute Gasteiger partial charge is 0.250 e. The van der Waals surface area contributed by atoms with Gasteiger partial charge in [-0.05, 0) is 24.1 Å². The monoisotopic (exact) mass is 321 g/mol. The van der Waals surface area contributed by atoms with Crippen LogP contribution in [0.15, 0.2) is 64.2 Å². The first-order chi connectivity index (χ1) is 11.7. The molecule has 0 radical (unpaired) electrons. The molecule has 3 rings (SSSR count). The van der Waals surface area contributed by atoms with Crippen LogP contribution in [0.3, 0.4) is 0 Å². The number of methoxy groups -OCH3 is 1. The lowest BCUT2D eigenvalue weighted by Crippen LogP contribution is -2.40. The van der Waals surface area contributed by atoms with Crippen LogP contribution < -0.4 is 20.5 Å². The molecule has 0 bridgehead atoms. The number of hydrogen-bond donors (Lipinski definition) is 0. The second-order valence-corrected chi connectivity index (χ2v) is 5.57. The average Bonchev–Trinajstić information content (AvgIpc) is 2.64. The maximum Gasteiger partial charge on any atom is 0.250 e. The number of rotatable bonds is 6. The highest BCUT2D eigenvalue weighted by Gasteiger charge is 2.28. The largest absolute Gasteiger partial charge is 0.495 e. The van der Waals surface area contributed by atoms with Crippen molar-refractivity contribution in [3.05, 3.63) is 75.0 Å². The standard InChI is InChI=1S/C20H19NO3/c1-3-13-21(15-11-7-8-12-16(15)24-2)18-17(19(22)20(18)23)14-9-5-4-6-10-14/h4-12H,3,13H2,1-2H3. The normalized spacial score (nSPS) is 10.8. The van der Waals surface area contributed by atoms with Crippen molar-refractivity contribution in [1.29, 1.82) is 0 Å². The summed E-state index contributed by atoms with van der Waals surface area (Å²) in [6.45, 7) is 2.67. The second kappa shape index (κ2) is 6.71. The van der Waals surface area contributed by atoms with E-state index >= 15 is 0 Å². The van der Waals surface area contributed by atoms with E-state index in [-0.39, 0.29) is 0 Å². The van der Waals surface area contributed by atoms with Gasteiger partial charge in [0.25, 0.3) is 5.43 Å². The molecule has 0 spiro atoms. The Kier molecular flexibility index (Phi) is 4.47. The molecule has 3 aromatic rings. The Labute approximate surface area is 140 Å². The Morgan fingerprint density at radius 1 is 0.917 bits per heavy atom. The second-order valence-electron chi connectivity index (χ2n) is 5.57. The van der Waals surface area contributed by atoms with E-state index < -0.39 is 10.9 Å². The summed E-state index contributed by atoms with van der Waals surface area (Å²) in [6, 6.07) is 16.9. The summed E-state index contributed by atoms with van der Waals surface area (Å²) in [7, 11) is 1.60. The topological polar surface area (TPSA) is 46.6 Å². The molecule has 0 unspecified atom stereocenters. The molecule has 3 aromatic carbocycles. The zero-order chi connectivity index (χ0) is 17.1. The van der Waals surface area contributed by atoms with E-state index in [9.17, 15) is 9.59 Å². The number of hydrogen-bond acceptors (Lipinski definition) is 4. The van der Waals surface area contributed by atoms with Crippen LogP contribution in [0.2, 0.25) is 0 Å². The molecule has 4 nitrogen and oxygen atoms in total. The Bertz CT molecular complexity index is 908. The summed E-state index contributed by atoms with van der Waals surface area (Å²) < 4.78 is 5.43. The number of nitrogens with zero attached hydrogens (tertiary/aromatic N) is 1. The zero-order valence-electron chi connectivity index (χ0n) is 13.8. The van der Waals surface area contributed by atoms with Gasteiger partial charge in [-0.2, -0.15) is 0 Å². The summed E-state index contributed by atoms with van der Waals surface area (Å²) in [4.78, 5) is 26.4. The molecule has 0 atom stereocenters. The van der Waals surface area contributed by atoms with Crippen LogP contribution in [-0.2, 0) is 0 Å². The Balaban J connectivity index is 2.17. The fourth-order valence-electron chi connectivity index (χ4n) is 2.94. The third kappa shape index (κ3) is 2.60. The van der Waals surface area contributed by atoms with Crippen molar-refractivity contribution in [3.8, 4) is 16.9 Å². The fraction of sp³-hybridized carbons (Fsp3) is 0.200. The molecule has 0 aliphatic carbocycles. The van der Waals surface area contributed by atoms with Gasteiger partial charge in [0.2, 0.25) is 5.43 Å². The lowest BCUT2D eigenvalue weighted by atomic mass is 9.97. The summed E-state index contributed by atoms with van der Waals surface area (Å²) in [6.07, 6.45) is 0.838. The fourth-order valence-corrected chi connectivity index (χ4v) is 2.94. The predicted molar refractivity (Wildman–Crippen MR) is 97.1 cm³/mol. The minimum Gasteiger partial charge on any atom is -0.495 e. The molecule has 0 amide bonds. The Morgan fingerprint density at radius 2 is 1.58 bits per heavy atom. The van der Waals surface area contributed by atoms with Gasteiger partial charge >= 0.3 is 0 Å². The number of ether oxygens (including phenoxy) is 1. The van der Waals surface area contributed by atoms with Gasteiger partial charge in [-0.25, -0.2) is 0 Å². The number of anilines is 2. The van der Waals surface area contributed by atoms with Gasteiger partial charge < -0.3 is 9.64 Å². The maximum atomic E-state index is 12.3. The molecular formula is C20H19NO3. The SMILES string of the molecule is CCCN(c1ccccc1OC)c1c(-c2ccccc2)c(=O)c1=O. The summed E-state index contributed by atoms with van der Waals surface area (Å²) in [5, 5.41) is 0. The van der Waals surface area contributed by atoms with E-state index in [1.54, 1.807) is 7.11 Å². The third-order valence-corrected chi connectivity index (χ3v) is 4.04. The number of para-hydroxylation sites is 2. The molecule has 0 aliphatic heterocycles. The van der Waals surface area contributed by atoms with Crippen molar-refractivity contribution in [3.63, 3.8) is 0 Å². The first-order valence-corrected chi connectivity index (χ1v) is 7.98. The lowest BCUT2D eigenvalue weighted by Gasteiger charge is -2.28. The van der Waals surface area contributed by atoms with Crippen molar-refractivity contribution >= 4 is 11.4 Å². The van der Waals surface area contributed by atoms with Crippen molar-refractivity contribution in [1.82, 2.24) is 0 Å². The predicted octanol–water partition coefficient (Wildman–Crippen LogP) is 3.51. The van der Waals surface area contributed by atoms with E-state index in [1.807, 2.05) is 66.4 Å². The minimum absolute atomic E-state index is 0.424. The average molecular weight is 321 g/mol. The molecule has 24 heavy (non-hydrogen) atoms. The van der Waals surface area contributed by atoms with Gasteiger partial charge in [0.1, 0.15) is 11.4 Å². The summed E-state index contributed by atoms with van der Waals surface area (Å²) in [5.74, 6) is 0.679. The Hall–Kier alpha value is -2.88. The number of benzene rings is 2. The molecule has 0 saturated carbocycles. The highest BCUT2D eigenvalue weighted by molar-refractivity contribution is 5.87. The summed E-state index contributed by atoms with van der Waals surface area (Å²) >= 11 is 0. The molecule has 0 aromatic heterocycles. The van der Waals surface area contributed by atoms with E-state index in [4.69, 9.17) is 4.74 Å². The molecule has 0 aliphatic rings. The van der Waals surface area contributed by atoms with E-state index in [0.29, 0.717) is 23.5 Å². The molecule has 0 saturated heterocycles. The van der Waals surface area contributed by atoms with Crippen LogP contribution in [0.25, 0.3) is 11.1 Å². The van der Waals surface area contributed by atoms with Crippen LogP contribution in [0.1, 0.15) is 13.3 Å². The molecule has 0 heterocycles. The van der Waals surface area contributed by atoms with Crippen molar-refractivity contribution in [2.24, 2.45) is 0 Å². The van der Waals surface area contributed by atoms with E-state index in [1.165, 1.54) is 0 Å². The lowest BCUT2D eigenvalue weighted by molar-refractivity contribution is 0.415. The molecule has 122 valence electrons. The van der Waals surface area contributed by atoms with Gasteiger partial charge in [0, 0.05) is 6.54 Å². The van der Waals surface area contributed by atoms with Crippen LogP contribution in [0.5, 0.6) is 5.75 Å². The highest BCUT2D eigenvalue weighted by Crippen LogP contribution is 2.36. The molecular weight excluding hydrogens is 302 g/mol. The Morgan fingerprint density at radius 3 is 2.25 bits per heavy atom. The zero-order valence-corrected chi connectivity index (χ0v) is 13.8. The van der Waals surface area contributed by atoms with Crippen LogP contribution in [0, 0.1) is 0 Å². The molecule has 4 heteroatoms. The molecule has 0 fully saturated rings. The van der Waals surface area contributed by atoms with Crippen molar-refractivity contribution < 1.29 is 4.74 Å². The van der Waals surface area contributed by atoms with Crippen LogP contribution in [-0.4, -0.2) is 13.7 Å². The quantitative estimate of drug-likeness (QED) is 0.652. The van der Waals surface area contributed by atoms with Gasteiger partial charge in [-0.3, -0.25) is 9.59 Å². The van der Waals surface area contributed by atoms with Gasteiger partial charge in [0.15, 0.2) is 0 Å². The van der Waals surface area contributed by atoms with Crippen LogP contribution in [0.4, 0.5) is 11.4 Å². The molecule has 0 N–H and O–H groups in total. The van der Waals surface area contributed by atoms with Crippen molar-refractivity contribution in [2.45, 2.75) is 13.3 Å². The first-order valence-electron chi connectivity index (χ1n) is 7.98. The highest BCUT2D eigenvalue weighted by atomic mass is 16.5. The van der Waals surface area contributed by atoms with E-state index in [2.05, 4.69) is 0 Å². The maximum absolute atomic E-state index is 12.3. The van der Waals surface area contributed by atoms with Crippen LogP contribution >= 0.6 is 0 Å². The van der Waals surface area contributed by atoms with Crippen molar-refractivity contribution in [2.75, 3.05) is 18.6 Å². The minimum atomic E-state index is -0.437. The van der Waals surface area contributed by atoms with E-state index in [0.717, 1.165) is 17.7 Å². The first kappa shape index (κ1) is 16.0. The van der Waals surface area contributed by atoms with Gasteiger partial charge in [-0.15, -0.1) is 0 Å².